The van der Waals surface area contributed by atoms with Crippen LogP contribution in [0.1, 0.15) is 51.4 Å². The van der Waals surface area contributed by atoms with Crippen LogP contribution in [0.5, 0.6) is 0 Å². The minimum atomic E-state index is 0. The van der Waals surface area contributed by atoms with E-state index in [4.69, 9.17) is 0 Å². The summed E-state index contributed by atoms with van der Waals surface area (Å²) in [6, 6.07) is 9.51. The topological polar surface area (TPSA) is 17.1 Å². The SMILES string of the molecule is C.CC(C)(C)CCC(=O)c1ccccc1. The lowest BCUT2D eigenvalue weighted by Crippen LogP contribution is -2.08. The second-order valence-corrected chi connectivity index (χ2v) is 4.85. The van der Waals surface area contributed by atoms with Gasteiger partial charge in [0, 0.05) is 12.0 Å². The molecule has 0 saturated carbocycles. The Morgan fingerprint density at radius 1 is 1.13 bits per heavy atom. The number of carbonyl (C=O) groups excluding carboxylic acids is 1. The van der Waals surface area contributed by atoms with Crippen LogP contribution >= 0.6 is 0 Å². The van der Waals surface area contributed by atoms with Crippen molar-refractivity contribution in [3.8, 4) is 0 Å². The van der Waals surface area contributed by atoms with Gasteiger partial charge in [-0.2, -0.15) is 0 Å². The minimum Gasteiger partial charge on any atom is -0.294 e. The molecule has 0 bridgehead atoms. The van der Waals surface area contributed by atoms with Crippen LogP contribution < -0.4 is 0 Å². The van der Waals surface area contributed by atoms with Gasteiger partial charge in [-0.25, -0.2) is 0 Å². The molecule has 15 heavy (non-hydrogen) atoms. The smallest absolute Gasteiger partial charge is 0.162 e. The molecule has 0 amide bonds. The van der Waals surface area contributed by atoms with Gasteiger partial charge in [-0.3, -0.25) is 4.79 Å². The van der Waals surface area contributed by atoms with Gasteiger partial charge < -0.3 is 0 Å². The Hall–Kier alpha value is -1.11. The van der Waals surface area contributed by atoms with Gasteiger partial charge in [0.2, 0.25) is 0 Å². The van der Waals surface area contributed by atoms with Crippen LogP contribution in [0.25, 0.3) is 0 Å². The summed E-state index contributed by atoms with van der Waals surface area (Å²) in [5.74, 6) is 0.250. The van der Waals surface area contributed by atoms with Crippen molar-refractivity contribution < 1.29 is 4.79 Å². The zero-order valence-corrected chi connectivity index (χ0v) is 9.21. The summed E-state index contributed by atoms with van der Waals surface area (Å²) in [5.41, 5.74) is 1.07. The molecule has 1 heteroatoms. The lowest BCUT2D eigenvalue weighted by molar-refractivity contribution is 0.0966. The first-order valence-electron chi connectivity index (χ1n) is 5.07. The molecular formula is C14H22O. The third-order valence-electron chi connectivity index (χ3n) is 2.20. The Morgan fingerprint density at radius 3 is 2.13 bits per heavy atom. The molecule has 1 nitrogen and oxygen atoms in total. The summed E-state index contributed by atoms with van der Waals surface area (Å²) >= 11 is 0. The fourth-order valence-corrected chi connectivity index (χ4v) is 1.26. The molecule has 0 heterocycles. The second kappa shape index (κ2) is 5.69. The summed E-state index contributed by atoms with van der Waals surface area (Å²) in [7, 11) is 0. The molecule has 1 aromatic carbocycles. The number of Topliss-reactive ketones (excluding diaryl/α,β-unsaturated/α-hetero) is 1. The molecule has 1 aromatic rings. The van der Waals surface area contributed by atoms with Crippen LogP contribution in [0.3, 0.4) is 0 Å². The first-order valence-corrected chi connectivity index (χ1v) is 5.07. The molecule has 0 fully saturated rings. The molecule has 0 aliphatic heterocycles. The first-order chi connectivity index (χ1) is 6.49. The molecule has 1 rings (SSSR count). The highest BCUT2D eigenvalue weighted by Crippen LogP contribution is 2.21. The highest BCUT2D eigenvalue weighted by molar-refractivity contribution is 5.95. The van der Waals surface area contributed by atoms with E-state index in [0.717, 1.165) is 12.0 Å². The molecule has 0 aromatic heterocycles. The van der Waals surface area contributed by atoms with Crippen molar-refractivity contribution in [2.45, 2.75) is 41.0 Å². The standard InChI is InChI=1S/C13H18O.CH4/c1-13(2,3)10-9-12(14)11-7-5-4-6-8-11;/h4-8H,9-10H2,1-3H3;1H4. The maximum absolute atomic E-state index is 11.7. The average molecular weight is 206 g/mol. The van der Waals surface area contributed by atoms with Crippen molar-refractivity contribution in [1.29, 1.82) is 0 Å². The zero-order chi connectivity index (χ0) is 10.6. The monoisotopic (exact) mass is 206 g/mol. The van der Waals surface area contributed by atoms with Gasteiger partial charge in [-0.05, 0) is 11.8 Å². The summed E-state index contributed by atoms with van der Waals surface area (Å²) in [5, 5.41) is 0. The van der Waals surface area contributed by atoms with E-state index in [2.05, 4.69) is 20.8 Å². The highest BCUT2D eigenvalue weighted by atomic mass is 16.1. The van der Waals surface area contributed by atoms with Gasteiger partial charge in [0.15, 0.2) is 5.78 Å². The second-order valence-electron chi connectivity index (χ2n) is 4.85. The van der Waals surface area contributed by atoms with Crippen molar-refractivity contribution in [3.63, 3.8) is 0 Å². The minimum absolute atomic E-state index is 0. The predicted octanol–water partition coefficient (Wildman–Crippen LogP) is 4.33. The number of rotatable bonds is 3. The fourth-order valence-electron chi connectivity index (χ4n) is 1.26. The Morgan fingerprint density at radius 2 is 1.67 bits per heavy atom. The van der Waals surface area contributed by atoms with Gasteiger partial charge >= 0.3 is 0 Å². The number of carbonyl (C=O) groups is 1. The quantitative estimate of drug-likeness (QED) is 0.673. The predicted molar refractivity (Wildman–Crippen MR) is 66.2 cm³/mol. The molecule has 0 radical (unpaired) electrons. The molecular weight excluding hydrogens is 184 g/mol. The van der Waals surface area contributed by atoms with Crippen molar-refractivity contribution in [1.82, 2.24) is 0 Å². The molecule has 0 unspecified atom stereocenters. The molecule has 0 spiro atoms. The summed E-state index contributed by atoms with van der Waals surface area (Å²) in [4.78, 5) is 11.7. The lowest BCUT2D eigenvalue weighted by Gasteiger charge is -2.16. The van der Waals surface area contributed by atoms with E-state index in [-0.39, 0.29) is 18.6 Å². The average Bonchev–Trinajstić information content (AvgIpc) is 2.14. The normalized spacial score (nSPS) is 10.6. The number of hydrogen-bond donors (Lipinski definition) is 0. The van der Waals surface area contributed by atoms with Crippen molar-refractivity contribution >= 4 is 5.78 Å². The third-order valence-corrected chi connectivity index (χ3v) is 2.20. The van der Waals surface area contributed by atoms with E-state index in [1.54, 1.807) is 0 Å². The van der Waals surface area contributed by atoms with Crippen LogP contribution in [0.2, 0.25) is 0 Å². The lowest BCUT2D eigenvalue weighted by atomic mass is 9.88. The van der Waals surface area contributed by atoms with Crippen LogP contribution in [0.15, 0.2) is 30.3 Å². The van der Waals surface area contributed by atoms with Gasteiger partial charge in [0.25, 0.3) is 0 Å². The molecule has 0 aliphatic rings. The van der Waals surface area contributed by atoms with E-state index in [1.165, 1.54) is 0 Å². The van der Waals surface area contributed by atoms with Gasteiger partial charge in [0.05, 0.1) is 0 Å². The molecule has 0 saturated heterocycles. The number of hydrogen-bond acceptors (Lipinski definition) is 1. The van der Waals surface area contributed by atoms with Crippen LogP contribution in [-0.4, -0.2) is 5.78 Å². The fraction of sp³-hybridized carbons (Fsp3) is 0.500. The van der Waals surface area contributed by atoms with Crippen LogP contribution in [0.4, 0.5) is 0 Å². The molecule has 0 N–H and O–H groups in total. The molecule has 84 valence electrons. The third kappa shape index (κ3) is 5.36. The summed E-state index contributed by atoms with van der Waals surface area (Å²) in [6.45, 7) is 6.47. The Balaban J connectivity index is 0.00000196. The van der Waals surface area contributed by atoms with Gasteiger partial charge in [0.1, 0.15) is 0 Å². The largest absolute Gasteiger partial charge is 0.294 e. The number of ketones is 1. The van der Waals surface area contributed by atoms with E-state index in [0.29, 0.717) is 6.42 Å². The number of benzene rings is 1. The van der Waals surface area contributed by atoms with Crippen molar-refractivity contribution in [2.75, 3.05) is 0 Å². The summed E-state index contributed by atoms with van der Waals surface area (Å²) < 4.78 is 0. The van der Waals surface area contributed by atoms with Gasteiger partial charge in [-0.15, -0.1) is 0 Å². The van der Waals surface area contributed by atoms with E-state index >= 15 is 0 Å². The zero-order valence-electron chi connectivity index (χ0n) is 9.21. The summed E-state index contributed by atoms with van der Waals surface area (Å²) in [6.07, 6.45) is 1.59. The highest BCUT2D eigenvalue weighted by Gasteiger charge is 2.13. The Labute approximate surface area is 93.5 Å². The van der Waals surface area contributed by atoms with Crippen LogP contribution in [0, 0.1) is 5.41 Å². The molecule has 0 aliphatic carbocycles. The van der Waals surface area contributed by atoms with Crippen molar-refractivity contribution in [3.05, 3.63) is 35.9 Å². The first kappa shape index (κ1) is 13.9. The maximum atomic E-state index is 11.7. The van der Waals surface area contributed by atoms with Crippen molar-refractivity contribution in [2.24, 2.45) is 5.41 Å². The molecule has 0 atom stereocenters. The maximum Gasteiger partial charge on any atom is 0.162 e. The van der Waals surface area contributed by atoms with Gasteiger partial charge in [-0.1, -0.05) is 58.5 Å². The Kier molecular flexibility index (Phi) is 5.27. The van der Waals surface area contributed by atoms with E-state index in [9.17, 15) is 4.79 Å². The van der Waals surface area contributed by atoms with E-state index in [1.807, 2.05) is 30.3 Å². The van der Waals surface area contributed by atoms with E-state index < -0.39 is 0 Å². The van der Waals surface area contributed by atoms with Crippen LogP contribution in [-0.2, 0) is 0 Å². The Bertz CT molecular complexity index is 293.